The summed E-state index contributed by atoms with van der Waals surface area (Å²) < 4.78 is 21.9. The SMILES string of the molecule is CS(=O)(=O)CCC(N)Cc1cccc(Cl)c1. The fourth-order valence-corrected chi connectivity index (χ4v) is 2.38. The molecular formula is C11H16ClNO2S. The molecule has 0 aromatic heterocycles. The van der Waals surface area contributed by atoms with E-state index >= 15 is 0 Å². The van der Waals surface area contributed by atoms with Crippen molar-refractivity contribution >= 4 is 21.4 Å². The molecule has 0 fully saturated rings. The molecule has 0 radical (unpaired) electrons. The van der Waals surface area contributed by atoms with Crippen LogP contribution < -0.4 is 5.73 Å². The van der Waals surface area contributed by atoms with Crippen molar-refractivity contribution < 1.29 is 8.42 Å². The van der Waals surface area contributed by atoms with Gasteiger partial charge in [-0.25, -0.2) is 8.42 Å². The second-order valence-electron chi connectivity index (χ2n) is 4.01. The van der Waals surface area contributed by atoms with Crippen LogP contribution in [0.4, 0.5) is 0 Å². The number of benzene rings is 1. The summed E-state index contributed by atoms with van der Waals surface area (Å²) in [6, 6.07) is 7.30. The van der Waals surface area contributed by atoms with Crippen molar-refractivity contribution in [2.45, 2.75) is 18.9 Å². The molecule has 1 aromatic rings. The van der Waals surface area contributed by atoms with Gasteiger partial charge in [0.25, 0.3) is 0 Å². The third-order valence-electron chi connectivity index (χ3n) is 2.25. The highest BCUT2D eigenvalue weighted by atomic mass is 35.5. The summed E-state index contributed by atoms with van der Waals surface area (Å²) in [5.74, 6) is 0.134. The molecule has 0 aliphatic heterocycles. The maximum Gasteiger partial charge on any atom is 0.147 e. The maximum atomic E-state index is 11.0. The Hall–Kier alpha value is -0.580. The molecule has 0 saturated heterocycles. The number of halogens is 1. The van der Waals surface area contributed by atoms with Crippen molar-refractivity contribution in [2.75, 3.05) is 12.0 Å². The predicted octanol–water partition coefficient (Wildman–Crippen LogP) is 1.64. The number of hydrogen-bond donors (Lipinski definition) is 1. The molecule has 16 heavy (non-hydrogen) atoms. The van der Waals surface area contributed by atoms with Crippen molar-refractivity contribution in [2.24, 2.45) is 5.73 Å². The zero-order valence-electron chi connectivity index (χ0n) is 9.19. The quantitative estimate of drug-likeness (QED) is 0.877. The molecule has 0 spiro atoms. The molecule has 0 aliphatic carbocycles. The van der Waals surface area contributed by atoms with Crippen LogP contribution in [0, 0.1) is 0 Å². The lowest BCUT2D eigenvalue weighted by Gasteiger charge is -2.10. The van der Waals surface area contributed by atoms with E-state index in [-0.39, 0.29) is 11.8 Å². The molecule has 1 atom stereocenters. The van der Waals surface area contributed by atoms with Crippen LogP contribution >= 0.6 is 11.6 Å². The van der Waals surface area contributed by atoms with Crippen molar-refractivity contribution in [1.82, 2.24) is 0 Å². The average molecular weight is 262 g/mol. The Morgan fingerprint density at radius 3 is 2.69 bits per heavy atom. The van der Waals surface area contributed by atoms with Crippen molar-refractivity contribution in [1.29, 1.82) is 0 Å². The Bertz CT molecular complexity index is 445. The number of rotatable bonds is 5. The van der Waals surface area contributed by atoms with E-state index in [9.17, 15) is 8.42 Å². The topological polar surface area (TPSA) is 60.2 Å². The normalized spacial score (nSPS) is 13.7. The maximum absolute atomic E-state index is 11.0. The lowest BCUT2D eigenvalue weighted by molar-refractivity contribution is 0.586. The van der Waals surface area contributed by atoms with Crippen LogP contribution in [0.3, 0.4) is 0 Å². The van der Waals surface area contributed by atoms with Crippen LogP contribution in [-0.2, 0) is 16.3 Å². The van der Waals surface area contributed by atoms with E-state index < -0.39 is 9.84 Å². The number of hydrogen-bond acceptors (Lipinski definition) is 3. The molecule has 0 heterocycles. The predicted molar refractivity (Wildman–Crippen MR) is 67.5 cm³/mol. The average Bonchev–Trinajstić information content (AvgIpc) is 2.14. The van der Waals surface area contributed by atoms with Gasteiger partial charge in [0.15, 0.2) is 0 Å². The van der Waals surface area contributed by atoms with E-state index in [4.69, 9.17) is 17.3 Å². The Morgan fingerprint density at radius 1 is 1.44 bits per heavy atom. The van der Waals surface area contributed by atoms with Gasteiger partial charge in [-0.2, -0.15) is 0 Å². The van der Waals surface area contributed by atoms with Crippen molar-refractivity contribution in [3.63, 3.8) is 0 Å². The second kappa shape index (κ2) is 5.66. The zero-order chi connectivity index (χ0) is 12.2. The van der Waals surface area contributed by atoms with Gasteiger partial charge in [0.2, 0.25) is 0 Å². The first kappa shape index (κ1) is 13.5. The molecular weight excluding hydrogens is 246 g/mol. The highest BCUT2D eigenvalue weighted by molar-refractivity contribution is 7.90. The van der Waals surface area contributed by atoms with Gasteiger partial charge in [0.05, 0.1) is 5.75 Å². The minimum atomic E-state index is -2.93. The number of sulfone groups is 1. The molecule has 3 nitrogen and oxygen atoms in total. The Morgan fingerprint density at radius 2 is 2.12 bits per heavy atom. The van der Waals surface area contributed by atoms with Crippen LogP contribution in [0.5, 0.6) is 0 Å². The van der Waals surface area contributed by atoms with E-state index in [0.717, 1.165) is 5.56 Å². The molecule has 1 aromatic carbocycles. The molecule has 2 N–H and O–H groups in total. The van der Waals surface area contributed by atoms with Crippen LogP contribution in [0.1, 0.15) is 12.0 Å². The van der Waals surface area contributed by atoms with Crippen LogP contribution in [0.2, 0.25) is 5.02 Å². The highest BCUT2D eigenvalue weighted by Crippen LogP contribution is 2.12. The second-order valence-corrected chi connectivity index (χ2v) is 6.71. The Balaban J connectivity index is 2.49. The van der Waals surface area contributed by atoms with Gasteiger partial charge in [-0.05, 0) is 30.5 Å². The van der Waals surface area contributed by atoms with E-state index in [2.05, 4.69) is 0 Å². The van der Waals surface area contributed by atoms with Crippen molar-refractivity contribution in [3.05, 3.63) is 34.9 Å². The van der Waals surface area contributed by atoms with Gasteiger partial charge in [-0.15, -0.1) is 0 Å². The smallest absolute Gasteiger partial charge is 0.147 e. The van der Waals surface area contributed by atoms with Gasteiger partial charge in [-0.3, -0.25) is 0 Å². The van der Waals surface area contributed by atoms with E-state index in [1.807, 2.05) is 18.2 Å². The summed E-state index contributed by atoms with van der Waals surface area (Å²) in [4.78, 5) is 0. The summed E-state index contributed by atoms with van der Waals surface area (Å²) in [6.45, 7) is 0. The molecule has 90 valence electrons. The first-order chi connectivity index (χ1) is 7.37. The molecule has 0 saturated carbocycles. The van der Waals surface area contributed by atoms with Crippen LogP contribution in [0.25, 0.3) is 0 Å². The minimum absolute atomic E-state index is 0.134. The summed E-state index contributed by atoms with van der Waals surface area (Å²) in [5.41, 5.74) is 6.89. The molecule has 5 heteroatoms. The van der Waals surface area contributed by atoms with Crippen molar-refractivity contribution in [3.8, 4) is 0 Å². The minimum Gasteiger partial charge on any atom is -0.327 e. The van der Waals surface area contributed by atoms with Gasteiger partial charge in [0.1, 0.15) is 9.84 Å². The Labute approximate surface area is 102 Å². The van der Waals surface area contributed by atoms with E-state index in [1.165, 1.54) is 6.26 Å². The van der Waals surface area contributed by atoms with Gasteiger partial charge in [0, 0.05) is 17.3 Å². The summed E-state index contributed by atoms with van der Waals surface area (Å²) in [7, 11) is -2.93. The lowest BCUT2D eigenvalue weighted by Crippen LogP contribution is -2.25. The summed E-state index contributed by atoms with van der Waals surface area (Å²) in [6.07, 6.45) is 2.35. The number of nitrogens with two attached hydrogens (primary N) is 1. The molecule has 0 bridgehead atoms. The van der Waals surface area contributed by atoms with Gasteiger partial charge in [-0.1, -0.05) is 23.7 Å². The van der Waals surface area contributed by atoms with Crippen LogP contribution in [0.15, 0.2) is 24.3 Å². The first-order valence-electron chi connectivity index (χ1n) is 5.04. The molecule has 0 aliphatic rings. The highest BCUT2D eigenvalue weighted by Gasteiger charge is 2.09. The third-order valence-corrected chi connectivity index (χ3v) is 3.46. The summed E-state index contributed by atoms with van der Waals surface area (Å²) in [5, 5.41) is 0.674. The largest absolute Gasteiger partial charge is 0.327 e. The fraction of sp³-hybridized carbons (Fsp3) is 0.455. The zero-order valence-corrected chi connectivity index (χ0v) is 10.8. The third kappa shape index (κ3) is 5.49. The first-order valence-corrected chi connectivity index (χ1v) is 7.48. The van der Waals surface area contributed by atoms with E-state index in [0.29, 0.717) is 17.9 Å². The van der Waals surface area contributed by atoms with E-state index in [1.54, 1.807) is 6.07 Å². The van der Waals surface area contributed by atoms with Gasteiger partial charge < -0.3 is 5.73 Å². The molecule has 1 unspecified atom stereocenters. The molecule has 1 rings (SSSR count). The fourth-order valence-electron chi connectivity index (χ4n) is 1.43. The summed E-state index contributed by atoms with van der Waals surface area (Å²) >= 11 is 5.84. The lowest BCUT2D eigenvalue weighted by atomic mass is 10.1. The monoisotopic (exact) mass is 261 g/mol. The molecule has 0 amide bonds. The van der Waals surface area contributed by atoms with Crippen LogP contribution in [-0.4, -0.2) is 26.5 Å². The Kier molecular flexibility index (Phi) is 4.77. The van der Waals surface area contributed by atoms with Gasteiger partial charge >= 0.3 is 0 Å². The standard InChI is InChI=1S/C11H16ClNO2S/c1-16(14,15)6-5-11(13)8-9-3-2-4-10(12)7-9/h2-4,7,11H,5-6,8,13H2,1H3.